The van der Waals surface area contributed by atoms with Crippen LogP contribution in [0.1, 0.15) is 31.4 Å². The summed E-state index contributed by atoms with van der Waals surface area (Å²) in [5.41, 5.74) is 5.44. The highest BCUT2D eigenvalue weighted by atomic mass is 16.4. The van der Waals surface area contributed by atoms with E-state index in [4.69, 9.17) is 15.4 Å². The van der Waals surface area contributed by atoms with Crippen LogP contribution < -0.4 is 5.73 Å². The van der Waals surface area contributed by atoms with Crippen LogP contribution in [0.5, 0.6) is 0 Å². The average Bonchev–Trinajstić information content (AvgIpc) is 3.11. The van der Waals surface area contributed by atoms with Gasteiger partial charge in [-0.1, -0.05) is 5.16 Å². The van der Waals surface area contributed by atoms with Gasteiger partial charge in [-0.25, -0.2) is 0 Å². The number of aryl methyl sites for hydroxylation is 1. The Kier molecular flexibility index (Phi) is 4.43. The number of hydrogen-bond acceptors (Lipinski definition) is 4. The molecule has 0 unspecified atom stereocenters. The van der Waals surface area contributed by atoms with Gasteiger partial charge in [0.15, 0.2) is 0 Å². The van der Waals surface area contributed by atoms with Crippen molar-refractivity contribution in [2.24, 2.45) is 10.9 Å². The minimum Gasteiger partial charge on any atom is -0.469 e. The number of furan rings is 1. The highest BCUT2D eigenvalue weighted by molar-refractivity contribution is 5.81. The summed E-state index contributed by atoms with van der Waals surface area (Å²) in [6.45, 7) is 0.511. The average molecular weight is 265 g/mol. The van der Waals surface area contributed by atoms with Crippen LogP contribution in [0.4, 0.5) is 0 Å². The molecular formula is C13H19N3O3. The zero-order chi connectivity index (χ0) is 13.7. The molecule has 0 atom stereocenters. The molecule has 1 aliphatic rings. The summed E-state index contributed by atoms with van der Waals surface area (Å²) in [7, 11) is 0. The molecule has 104 valence electrons. The Labute approximate surface area is 111 Å². The molecule has 6 heteroatoms. The van der Waals surface area contributed by atoms with E-state index in [1.807, 2.05) is 17.0 Å². The van der Waals surface area contributed by atoms with E-state index >= 15 is 0 Å². The van der Waals surface area contributed by atoms with Crippen molar-refractivity contribution < 1.29 is 14.4 Å². The summed E-state index contributed by atoms with van der Waals surface area (Å²) >= 11 is 0. The number of rotatable bonds is 7. The minimum absolute atomic E-state index is 0.102. The van der Waals surface area contributed by atoms with Crippen LogP contribution in [0.25, 0.3) is 0 Å². The van der Waals surface area contributed by atoms with Crippen LogP contribution in [0, 0.1) is 0 Å². The Morgan fingerprint density at radius 1 is 1.53 bits per heavy atom. The predicted octanol–water partition coefficient (Wildman–Crippen LogP) is 1.34. The number of carbonyl (C=O) groups excluding carboxylic acids is 1. The SMILES string of the molecule is N/C(CCN(C(=O)CCc1ccco1)C1CC1)=N/O. The number of nitrogens with two attached hydrogens (primary N) is 1. The molecule has 0 aliphatic heterocycles. The fraction of sp³-hybridized carbons (Fsp3) is 0.538. The fourth-order valence-corrected chi connectivity index (χ4v) is 2.01. The molecule has 1 aromatic rings. The fourth-order valence-electron chi connectivity index (χ4n) is 2.01. The van der Waals surface area contributed by atoms with Crippen molar-refractivity contribution in [2.75, 3.05) is 6.54 Å². The van der Waals surface area contributed by atoms with Crippen molar-refractivity contribution in [3.05, 3.63) is 24.2 Å². The van der Waals surface area contributed by atoms with Crippen molar-refractivity contribution >= 4 is 11.7 Å². The molecule has 1 aromatic heterocycles. The largest absolute Gasteiger partial charge is 0.469 e. The van der Waals surface area contributed by atoms with Crippen LogP contribution in [-0.2, 0) is 11.2 Å². The standard InChI is InChI=1S/C13H19N3O3/c14-12(15-18)7-8-16(10-3-4-10)13(17)6-5-11-2-1-9-19-11/h1-2,9-10,18H,3-8H2,(H2,14,15). The molecule has 1 fully saturated rings. The molecule has 2 rings (SSSR count). The third-order valence-corrected chi connectivity index (χ3v) is 3.21. The van der Waals surface area contributed by atoms with Gasteiger partial charge in [0.1, 0.15) is 11.6 Å². The highest BCUT2D eigenvalue weighted by Gasteiger charge is 2.32. The smallest absolute Gasteiger partial charge is 0.223 e. The third kappa shape index (κ3) is 4.01. The minimum atomic E-state index is 0.102. The van der Waals surface area contributed by atoms with E-state index in [0.717, 1.165) is 18.6 Å². The second-order valence-electron chi connectivity index (χ2n) is 4.74. The summed E-state index contributed by atoms with van der Waals surface area (Å²) < 4.78 is 5.21. The zero-order valence-corrected chi connectivity index (χ0v) is 10.8. The lowest BCUT2D eigenvalue weighted by molar-refractivity contribution is -0.131. The molecule has 0 aromatic carbocycles. The van der Waals surface area contributed by atoms with Crippen molar-refractivity contribution in [3.8, 4) is 0 Å². The number of oxime groups is 1. The van der Waals surface area contributed by atoms with Crippen molar-refractivity contribution in [2.45, 2.75) is 38.1 Å². The van der Waals surface area contributed by atoms with Crippen LogP contribution in [0.15, 0.2) is 28.0 Å². The first-order valence-electron chi connectivity index (χ1n) is 6.49. The second kappa shape index (κ2) is 6.26. The van der Waals surface area contributed by atoms with Crippen molar-refractivity contribution in [1.29, 1.82) is 0 Å². The molecule has 19 heavy (non-hydrogen) atoms. The Morgan fingerprint density at radius 3 is 2.89 bits per heavy atom. The number of hydrogen-bond donors (Lipinski definition) is 2. The first-order chi connectivity index (χ1) is 9.20. The van der Waals surface area contributed by atoms with E-state index in [2.05, 4.69) is 5.16 Å². The van der Waals surface area contributed by atoms with Gasteiger partial charge < -0.3 is 20.3 Å². The van der Waals surface area contributed by atoms with E-state index in [1.165, 1.54) is 0 Å². The van der Waals surface area contributed by atoms with Gasteiger partial charge in [-0.3, -0.25) is 4.79 Å². The Bertz CT molecular complexity index is 438. The molecule has 1 saturated carbocycles. The van der Waals surface area contributed by atoms with Crippen LogP contribution >= 0.6 is 0 Å². The molecule has 0 radical (unpaired) electrons. The molecule has 6 nitrogen and oxygen atoms in total. The molecule has 3 N–H and O–H groups in total. The summed E-state index contributed by atoms with van der Waals surface area (Å²) in [6.07, 6.45) is 5.14. The van der Waals surface area contributed by atoms with Gasteiger partial charge in [0, 0.05) is 31.8 Å². The molecule has 1 heterocycles. The molecule has 0 saturated heterocycles. The molecule has 0 spiro atoms. The second-order valence-corrected chi connectivity index (χ2v) is 4.74. The van der Waals surface area contributed by atoms with Crippen molar-refractivity contribution in [3.63, 3.8) is 0 Å². The van der Waals surface area contributed by atoms with Crippen LogP contribution in [-0.4, -0.2) is 34.4 Å². The molecule has 1 amide bonds. The van der Waals surface area contributed by atoms with Gasteiger partial charge in [-0.15, -0.1) is 0 Å². The van der Waals surface area contributed by atoms with Gasteiger partial charge in [-0.2, -0.15) is 0 Å². The van der Waals surface area contributed by atoms with Crippen LogP contribution in [0.2, 0.25) is 0 Å². The van der Waals surface area contributed by atoms with Gasteiger partial charge in [0.05, 0.1) is 6.26 Å². The highest BCUT2D eigenvalue weighted by Crippen LogP contribution is 2.27. The lowest BCUT2D eigenvalue weighted by Gasteiger charge is -2.22. The van der Waals surface area contributed by atoms with E-state index in [9.17, 15) is 4.79 Å². The maximum Gasteiger partial charge on any atom is 0.223 e. The summed E-state index contributed by atoms with van der Waals surface area (Å²) in [5.74, 6) is 1.08. The number of nitrogens with zero attached hydrogens (tertiary/aromatic N) is 2. The summed E-state index contributed by atoms with van der Waals surface area (Å²) in [5, 5.41) is 11.4. The Hall–Kier alpha value is -1.98. The number of amidine groups is 1. The first kappa shape index (κ1) is 13.5. The summed E-state index contributed by atoms with van der Waals surface area (Å²) in [6, 6.07) is 4.01. The van der Waals surface area contributed by atoms with E-state index in [1.54, 1.807) is 6.26 Å². The van der Waals surface area contributed by atoms with Gasteiger partial charge in [-0.05, 0) is 25.0 Å². The molecule has 1 aliphatic carbocycles. The predicted molar refractivity (Wildman–Crippen MR) is 69.8 cm³/mol. The Morgan fingerprint density at radius 2 is 2.32 bits per heavy atom. The topological polar surface area (TPSA) is 92.1 Å². The van der Waals surface area contributed by atoms with E-state index in [0.29, 0.717) is 31.8 Å². The first-order valence-corrected chi connectivity index (χ1v) is 6.49. The Balaban J connectivity index is 1.82. The third-order valence-electron chi connectivity index (χ3n) is 3.21. The lowest BCUT2D eigenvalue weighted by atomic mass is 10.2. The maximum atomic E-state index is 12.2. The normalized spacial score (nSPS) is 15.5. The molecule has 0 bridgehead atoms. The zero-order valence-electron chi connectivity index (χ0n) is 10.8. The monoisotopic (exact) mass is 265 g/mol. The lowest BCUT2D eigenvalue weighted by Crippen LogP contribution is -2.36. The van der Waals surface area contributed by atoms with Gasteiger partial charge in [0.25, 0.3) is 0 Å². The number of carbonyl (C=O) groups is 1. The van der Waals surface area contributed by atoms with Crippen LogP contribution in [0.3, 0.4) is 0 Å². The molecular weight excluding hydrogens is 246 g/mol. The van der Waals surface area contributed by atoms with Gasteiger partial charge >= 0.3 is 0 Å². The quantitative estimate of drug-likeness (QED) is 0.337. The van der Waals surface area contributed by atoms with Crippen molar-refractivity contribution in [1.82, 2.24) is 4.90 Å². The van der Waals surface area contributed by atoms with Gasteiger partial charge in [0.2, 0.25) is 5.91 Å². The number of amides is 1. The summed E-state index contributed by atoms with van der Waals surface area (Å²) in [4.78, 5) is 14.0. The van der Waals surface area contributed by atoms with E-state index < -0.39 is 0 Å². The maximum absolute atomic E-state index is 12.2. The van der Waals surface area contributed by atoms with E-state index in [-0.39, 0.29) is 11.7 Å².